The van der Waals surface area contributed by atoms with Crippen LogP contribution in [0, 0.1) is 6.92 Å². The molecular formula is C12H11N5. The first-order valence-electron chi connectivity index (χ1n) is 5.26. The van der Waals surface area contributed by atoms with E-state index in [9.17, 15) is 0 Å². The van der Waals surface area contributed by atoms with Crippen LogP contribution >= 0.6 is 0 Å². The number of fused-ring (bicyclic) bond motifs is 1. The Labute approximate surface area is 98.0 Å². The van der Waals surface area contributed by atoms with Gasteiger partial charge in [0.05, 0.1) is 5.69 Å². The standard InChI is InChI=1S/C12H11N5/c1-8-2-3-10-16-11(12(13)17(10)6-8)9-4-5-14-7-15-9/h2-7H,13H2,1H3. The first-order chi connectivity index (χ1) is 8.25. The predicted molar refractivity (Wildman–Crippen MR) is 65.4 cm³/mol. The number of nitrogens with zero attached hydrogens (tertiary/aromatic N) is 4. The Bertz CT molecular complexity index is 672. The maximum absolute atomic E-state index is 6.08. The average Bonchev–Trinajstić information content (AvgIpc) is 2.68. The van der Waals surface area contributed by atoms with Gasteiger partial charge in [-0.15, -0.1) is 0 Å². The second-order valence-corrected chi connectivity index (χ2v) is 3.87. The lowest BCUT2D eigenvalue weighted by Crippen LogP contribution is -1.95. The molecule has 0 aromatic carbocycles. The summed E-state index contributed by atoms with van der Waals surface area (Å²) in [6, 6.07) is 5.74. The maximum atomic E-state index is 6.08. The van der Waals surface area contributed by atoms with E-state index in [0.717, 1.165) is 16.9 Å². The van der Waals surface area contributed by atoms with Crippen molar-refractivity contribution in [3.8, 4) is 11.4 Å². The zero-order valence-electron chi connectivity index (χ0n) is 9.33. The van der Waals surface area contributed by atoms with E-state index in [-0.39, 0.29) is 0 Å². The Kier molecular flexibility index (Phi) is 2.04. The van der Waals surface area contributed by atoms with Crippen LogP contribution in [0.25, 0.3) is 17.0 Å². The first kappa shape index (κ1) is 9.77. The minimum Gasteiger partial charge on any atom is -0.383 e. The van der Waals surface area contributed by atoms with Gasteiger partial charge in [0.15, 0.2) is 0 Å². The Morgan fingerprint density at radius 2 is 2.12 bits per heavy atom. The molecule has 0 saturated heterocycles. The quantitative estimate of drug-likeness (QED) is 0.684. The summed E-state index contributed by atoms with van der Waals surface area (Å²) < 4.78 is 1.87. The van der Waals surface area contributed by atoms with Gasteiger partial charge < -0.3 is 5.73 Å². The minimum absolute atomic E-state index is 0.599. The Morgan fingerprint density at radius 3 is 2.88 bits per heavy atom. The molecule has 5 nitrogen and oxygen atoms in total. The van der Waals surface area contributed by atoms with Gasteiger partial charge in [-0.3, -0.25) is 4.40 Å². The van der Waals surface area contributed by atoms with Crippen LogP contribution < -0.4 is 5.73 Å². The molecule has 0 saturated carbocycles. The number of anilines is 1. The van der Waals surface area contributed by atoms with Gasteiger partial charge in [-0.1, -0.05) is 6.07 Å². The van der Waals surface area contributed by atoms with Crippen LogP contribution in [-0.2, 0) is 0 Å². The highest BCUT2D eigenvalue weighted by Gasteiger charge is 2.11. The maximum Gasteiger partial charge on any atom is 0.139 e. The van der Waals surface area contributed by atoms with Crippen molar-refractivity contribution in [1.82, 2.24) is 19.4 Å². The number of aryl methyl sites for hydroxylation is 1. The fourth-order valence-electron chi connectivity index (χ4n) is 1.79. The molecule has 0 radical (unpaired) electrons. The summed E-state index contributed by atoms with van der Waals surface area (Å²) in [7, 11) is 0. The van der Waals surface area contributed by atoms with Crippen molar-refractivity contribution in [2.24, 2.45) is 0 Å². The molecule has 0 fully saturated rings. The third kappa shape index (κ3) is 1.52. The molecule has 0 bridgehead atoms. The molecule has 0 amide bonds. The minimum atomic E-state index is 0.599. The second kappa shape index (κ2) is 3.55. The van der Waals surface area contributed by atoms with E-state index in [0.29, 0.717) is 11.5 Å². The smallest absolute Gasteiger partial charge is 0.139 e. The van der Waals surface area contributed by atoms with E-state index >= 15 is 0 Å². The highest BCUT2D eigenvalue weighted by Crippen LogP contribution is 2.24. The van der Waals surface area contributed by atoms with Crippen molar-refractivity contribution in [2.75, 3.05) is 5.73 Å². The number of nitrogens with two attached hydrogens (primary N) is 1. The third-order valence-corrected chi connectivity index (χ3v) is 2.63. The van der Waals surface area contributed by atoms with Crippen LogP contribution in [0.2, 0.25) is 0 Å². The second-order valence-electron chi connectivity index (χ2n) is 3.87. The van der Waals surface area contributed by atoms with E-state index in [1.807, 2.05) is 29.7 Å². The molecule has 0 atom stereocenters. The van der Waals surface area contributed by atoms with Gasteiger partial charge in [-0.25, -0.2) is 15.0 Å². The Hall–Kier alpha value is -2.43. The Balaban J connectivity index is 2.28. The van der Waals surface area contributed by atoms with Gasteiger partial charge in [0.1, 0.15) is 23.5 Å². The topological polar surface area (TPSA) is 69.1 Å². The van der Waals surface area contributed by atoms with E-state index < -0.39 is 0 Å². The fourth-order valence-corrected chi connectivity index (χ4v) is 1.79. The summed E-state index contributed by atoms with van der Waals surface area (Å²) in [5, 5.41) is 0. The predicted octanol–water partition coefficient (Wildman–Crippen LogP) is 1.68. The zero-order chi connectivity index (χ0) is 11.8. The van der Waals surface area contributed by atoms with E-state index in [4.69, 9.17) is 5.73 Å². The van der Waals surface area contributed by atoms with Crippen molar-refractivity contribution in [1.29, 1.82) is 0 Å². The van der Waals surface area contributed by atoms with Crippen LogP contribution in [-0.4, -0.2) is 19.4 Å². The molecule has 0 aliphatic heterocycles. The van der Waals surface area contributed by atoms with Crippen molar-refractivity contribution >= 4 is 11.5 Å². The average molecular weight is 225 g/mol. The number of nitrogen functional groups attached to an aromatic ring is 1. The molecule has 84 valence electrons. The summed E-state index contributed by atoms with van der Waals surface area (Å²) in [5.41, 5.74) is 9.46. The summed E-state index contributed by atoms with van der Waals surface area (Å²) in [6.45, 7) is 2.02. The van der Waals surface area contributed by atoms with Gasteiger partial charge in [-0.2, -0.15) is 0 Å². The molecule has 3 aromatic rings. The van der Waals surface area contributed by atoms with E-state index in [1.54, 1.807) is 12.3 Å². The Morgan fingerprint density at radius 1 is 1.24 bits per heavy atom. The van der Waals surface area contributed by atoms with Crippen LogP contribution in [0.4, 0.5) is 5.82 Å². The highest BCUT2D eigenvalue weighted by atomic mass is 15.1. The van der Waals surface area contributed by atoms with Gasteiger partial charge in [0.25, 0.3) is 0 Å². The molecule has 3 heterocycles. The monoisotopic (exact) mass is 225 g/mol. The number of pyridine rings is 1. The number of aromatic nitrogens is 4. The van der Waals surface area contributed by atoms with Crippen LogP contribution in [0.15, 0.2) is 36.9 Å². The molecule has 0 spiro atoms. The highest BCUT2D eigenvalue weighted by molar-refractivity contribution is 5.72. The molecular weight excluding hydrogens is 214 g/mol. The fraction of sp³-hybridized carbons (Fsp3) is 0.0833. The molecule has 5 heteroatoms. The number of hydrogen-bond donors (Lipinski definition) is 1. The molecule has 3 aromatic heterocycles. The molecule has 0 aliphatic rings. The largest absolute Gasteiger partial charge is 0.383 e. The third-order valence-electron chi connectivity index (χ3n) is 2.63. The summed E-state index contributed by atoms with van der Waals surface area (Å²) in [5.74, 6) is 0.599. The van der Waals surface area contributed by atoms with Crippen molar-refractivity contribution in [2.45, 2.75) is 6.92 Å². The van der Waals surface area contributed by atoms with Crippen molar-refractivity contribution in [3.63, 3.8) is 0 Å². The SMILES string of the molecule is Cc1ccc2nc(-c3ccncn3)c(N)n2c1. The number of rotatable bonds is 1. The van der Waals surface area contributed by atoms with Gasteiger partial charge in [-0.05, 0) is 24.6 Å². The normalized spacial score (nSPS) is 10.9. The van der Waals surface area contributed by atoms with E-state index in [1.165, 1.54) is 6.33 Å². The summed E-state index contributed by atoms with van der Waals surface area (Å²) in [4.78, 5) is 12.5. The molecule has 0 unspecified atom stereocenters. The lowest BCUT2D eigenvalue weighted by molar-refractivity contribution is 1.16. The first-order valence-corrected chi connectivity index (χ1v) is 5.26. The summed E-state index contributed by atoms with van der Waals surface area (Å²) >= 11 is 0. The van der Waals surface area contributed by atoms with Crippen molar-refractivity contribution < 1.29 is 0 Å². The molecule has 3 rings (SSSR count). The van der Waals surface area contributed by atoms with Gasteiger partial charge >= 0.3 is 0 Å². The van der Waals surface area contributed by atoms with Gasteiger partial charge in [0, 0.05) is 12.4 Å². The summed E-state index contributed by atoms with van der Waals surface area (Å²) in [6.07, 6.45) is 5.13. The number of hydrogen-bond acceptors (Lipinski definition) is 4. The van der Waals surface area contributed by atoms with E-state index in [2.05, 4.69) is 15.0 Å². The molecule has 17 heavy (non-hydrogen) atoms. The van der Waals surface area contributed by atoms with Crippen LogP contribution in [0.1, 0.15) is 5.56 Å². The van der Waals surface area contributed by atoms with Gasteiger partial charge in [0.2, 0.25) is 0 Å². The van der Waals surface area contributed by atoms with Crippen LogP contribution in [0.5, 0.6) is 0 Å². The molecule has 2 N–H and O–H groups in total. The molecule has 0 aliphatic carbocycles. The van der Waals surface area contributed by atoms with Crippen LogP contribution in [0.3, 0.4) is 0 Å². The number of imidazole rings is 1. The van der Waals surface area contributed by atoms with Crippen molar-refractivity contribution in [3.05, 3.63) is 42.5 Å². The zero-order valence-corrected chi connectivity index (χ0v) is 9.33. The lowest BCUT2D eigenvalue weighted by Gasteiger charge is -1.98. The lowest BCUT2D eigenvalue weighted by atomic mass is 10.3.